The Kier molecular flexibility index (Phi) is 4.17. The summed E-state index contributed by atoms with van der Waals surface area (Å²) in [5.41, 5.74) is 0.922. The highest BCUT2D eigenvalue weighted by molar-refractivity contribution is 5.54. The van der Waals surface area contributed by atoms with Gasteiger partial charge in [-0.2, -0.15) is 4.98 Å². The van der Waals surface area contributed by atoms with Crippen molar-refractivity contribution in [1.82, 2.24) is 10.1 Å². The van der Waals surface area contributed by atoms with Crippen molar-refractivity contribution in [2.75, 3.05) is 31.7 Å². The van der Waals surface area contributed by atoms with Gasteiger partial charge in [0.05, 0.1) is 18.8 Å². The molecule has 1 saturated heterocycles. The van der Waals surface area contributed by atoms with Crippen LogP contribution < -0.4 is 4.90 Å². The van der Waals surface area contributed by atoms with Crippen molar-refractivity contribution in [3.63, 3.8) is 0 Å². The molecule has 1 aromatic carbocycles. The van der Waals surface area contributed by atoms with Gasteiger partial charge in [0, 0.05) is 25.8 Å². The van der Waals surface area contributed by atoms with Crippen molar-refractivity contribution in [1.29, 1.82) is 0 Å². The second kappa shape index (κ2) is 6.24. The lowest BCUT2D eigenvalue weighted by Gasteiger charge is -2.35. The molecule has 1 fully saturated rings. The Balaban J connectivity index is 1.76. The number of aromatic nitrogens is 2. The summed E-state index contributed by atoms with van der Waals surface area (Å²) in [5, 5.41) is 4.09. The van der Waals surface area contributed by atoms with Gasteiger partial charge in [0.25, 0.3) is 11.8 Å². The van der Waals surface area contributed by atoms with Gasteiger partial charge >= 0.3 is 0 Å². The Bertz CT molecular complexity index is 573. The first-order valence-corrected chi connectivity index (χ1v) is 7.04. The van der Waals surface area contributed by atoms with Crippen LogP contribution in [0.1, 0.15) is 6.92 Å². The molecule has 0 N–H and O–H groups in total. The van der Waals surface area contributed by atoms with Crippen LogP contribution in [0.15, 0.2) is 34.9 Å². The van der Waals surface area contributed by atoms with Gasteiger partial charge in [0.1, 0.15) is 0 Å². The second-order valence-corrected chi connectivity index (χ2v) is 5.19. The molecular formula is C15H19N3O3. The molecule has 1 aliphatic rings. The third kappa shape index (κ3) is 3.22. The van der Waals surface area contributed by atoms with Gasteiger partial charge < -0.3 is 18.9 Å². The lowest BCUT2D eigenvalue weighted by molar-refractivity contribution is -0.0515. The molecule has 2 unspecified atom stereocenters. The molecule has 0 amide bonds. The molecule has 6 heteroatoms. The van der Waals surface area contributed by atoms with E-state index in [1.54, 1.807) is 7.11 Å². The molecule has 2 heterocycles. The third-order valence-corrected chi connectivity index (χ3v) is 3.40. The molecule has 2 aromatic rings. The van der Waals surface area contributed by atoms with E-state index in [0.29, 0.717) is 25.0 Å². The first-order valence-electron chi connectivity index (χ1n) is 7.04. The summed E-state index contributed by atoms with van der Waals surface area (Å²) in [6, 6.07) is 9.76. The van der Waals surface area contributed by atoms with Crippen molar-refractivity contribution in [2.45, 2.75) is 19.1 Å². The fourth-order valence-electron chi connectivity index (χ4n) is 2.53. The summed E-state index contributed by atoms with van der Waals surface area (Å²) < 4.78 is 16.3. The minimum atomic E-state index is 0.0254. The molecule has 0 spiro atoms. The van der Waals surface area contributed by atoms with E-state index in [2.05, 4.69) is 15.0 Å². The highest BCUT2D eigenvalue weighted by atomic mass is 16.5. The molecule has 0 aliphatic carbocycles. The first-order chi connectivity index (χ1) is 10.3. The van der Waals surface area contributed by atoms with E-state index in [1.807, 2.05) is 37.3 Å². The van der Waals surface area contributed by atoms with Gasteiger partial charge in [-0.15, -0.1) is 0 Å². The molecule has 21 heavy (non-hydrogen) atoms. The largest absolute Gasteiger partial charge is 0.382 e. The maximum atomic E-state index is 5.82. The third-order valence-electron chi connectivity index (χ3n) is 3.40. The van der Waals surface area contributed by atoms with Gasteiger partial charge in [-0.3, -0.25) is 0 Å². The topological polar surface area (TPSA) is 60.6 Å². The molecule has 0 bridgehead atoms. The van der Waals surface area contributed by atoms with Crippen LogP contribution in [0.5, 0.6) is 0 Å². The maximum Gasteiger partial charge on any atom is 0.266 e. The number of hydrogen-bond acceptors (Lipinski definition) is 6. The van der Waals surface area contributed by atoms with Gasteiger partial charge in [-0.25, -0.2) is 0 Å². The number of nitrogens with zero attached hydrogens (tertiary/aromatic N) is 3. The average Bonchev–Trinajstić information content (AvgIpc) is 2.98. The number of ether oxygens (including phenoxy) is 2. The normalized spacial score (nSPS) is 22.5. The zero-order valence-electron chi connectivity index (χ0n) is 12.2. The molecular weight excluding hydrogens is 270 g/mol. The minimum absolute atomic E-state index is 0.0254. The van der Waals surface area contributed by atoms with E-state index < -0.39 is 0 Å². The summed E-state index contributed by atoms with van der Waals surface area (Å²) >= 11 is 0. The predicted molar refractivity (Wildman–Crippen MR) is 78.2 cm³/mol. The van der Waals surface area contributed by atoms with E-state index in [9.17, 15) is 0 Å². The SMILES string of the molecule is COCC1CN(c2noc(-c3ccccc3)n2)CC(C)O1. The fourth-order valence-corrected chi connectivity index (χ4v) is 2.53. The van der Waals surface area contributed by atoms with Crippen LogP contribution >= 0.6 is 0 Å². The van der Waals surface area contributed by atoms with Crippen LogP contribution in [0.3, 0.4) is 0 Å². The lowest BCUT2D eigenvalue weighted by atomic mass is 10.2. The summed E-state index contributed by atoms with van der Waals surface area (Å²) in [5.74, 6) is 1.14. The quantitative estimate of drug-likeness (QED) is 0.857. The summed E-state index contributed by atoms with van der Waals surface area (Å²) in [7, 11) is 1.68. The van der Waals surface area contributed by atoms with Gasteiger partial charge in [0.15, 0.2) is 0 Å². The Morgan fingerprint density at radius 1 is 1.29 bits per heavy atom. The maximum absolute atomic E-state index is 5.82. The van der Waals surface area contributed by atoms with Crippen molar-refractivity contribution in [3.05, 3.63) is 30.3 Å². The van der Waals surface area contributed by atoms with Crippen LogP contribution in [0, 0.1) is 0 Å². The Morgan fingerprint density at radius 3 is 2.86 bits per heavy atom. The molecule has 0 radical (unpaired) electrons. The lowest BCUT2D eigenvalue weighted by Crippen LogP contribution is -2.48. The Hall–Kier alpha value is -1.92. The van der Waals surface area contributed by atoms with Gasteiger partial charge in [-0.1, -0.05) is 18.2 Å². The number of hydrogen-bond donors (Lipinski definition) is 0. The van der Waals surface area contributed by atoms with Gasteiger partial charge in [-0.05, 0) is 24.2 Å². The predicted octanol–water partition coefficient (Wildman–Crippen LogP) is 1.98. The standard InChI is InChI=1S/C15H19N3O3/c1-11-8-18(9-13(20-11)10-19-2)15-16-14(21-17-15)12-6-4-3-5-7-12/h3-7,11,13H,8-10H2,1-2H3. The first kappa shape index (κ1) is 14.0. The highest BCUT2D eigenvalue weighted by Gasteiger charge is 2.28. The molecule has 1 aromatic heterocycles. The van der Waals surface area contributed by atoms with E-state index in [0.717, 1.165) is 12.1 Å². The highest BCUT2D eigenvalue weighted by Crippen LogP contribution is 2.22. The number of methoxy groups -OCH3 is 1. The molecule has 0 saturated carbocycles. The minimum Gasteiger partial charge on any atom is -0.382 e. The van der Waals surface area contributed by atoms with Crippen LogP contribution in [0.2, 0.25) is 0 Å². The summed E-state index contributed by atoms with van der Waals surface area (Å²) in [6.45, 7) is 4.04. The van der Waals surface area contributed by atoms with Crippen molar-refractivity contribution in [2.24, 2.45) is 0 Å². The van der Waals surface area contributed by atoms with E-state index in [-0.39, 0.29) is 12.2 Å². The van der Waals surface area contributed by atoms with Crippen molar-refractivity contribution >= 4 is 5.95 Å². The molecule has 1 aliphatic heterocycles. The zero-order valence-corrected chi connectivity index (χ0v) is 12.2. The second-order valence-electron chi connectivity index (χ2n) is 5.19. The monoisotopic (exact) mass is 289 g/mol. The summed E-state index contributed by atoms with van der Waals surface area (Å²) in [4.78, 5) is 6.56. The van der Waals surface area contributed by atoms with Crippen LogP contribution in [0.25, 0.3) is 11.5 Å². The molecule has 112 valence electrons. The number of benzene rings is 1. The van der Waals surface area contributed by atoms with Crippen LogP contribution in [0.4, 0.5) is 5.95 Å². The summed E-state index contributed by atoms with van der Waals surface area (Å²) in [6.07, 6.45) is 0.134. The smallest absolute Gasteiger partial charge is 0.266 e. The van der Waals surface area contributed by atoms with E-state index in [1.165, 1.54) is 0 Å². The Morgan fingerprint density at radius 2 is 2.10 bits per heavy atom. The van der Waals surface area contributed by atoms with Crippen molar-refractivity contribution < 1.29 is 14.0 Å². The average molecular weight is 289 g/mol. The van der Waals surface area contributed by atoms with Crippen molar-refractivity contribution in [3.8, 4) is 11.5 Å². The molecule has 3 rings (SSSR count). The Labute approximate surface area is 123 Å². The molecule has 2 atom stereocenters. The van der Waals surface area contributed by atoms with Crippen LogP contribution in [-0.2, 0) is 9.47 Å². The van der Waals surface area contributed by atoms with Gasteiger partial charge in [0.2, 0.25) is 0 Å². The molecule has 6 nitrogen and oxygen atoms in total. The number of morpholine rings is 1. The van der Waals surface area contributed by atoms with E-state index in [4.69, 9.17) is 14.0 Å². The number of rotatable bonds is 4. The number of anilines is 1. The van der Waals surface area contributed by atoms with E-state index >= 15 is 0 Å². The zero-order chi connectivity index (χ0) is 14.7. The fraction of sp³-hybridized carbons (Fsp3) is 0.467. The van der Waals surface area contributed by atoms with Crippen LogP contribution in [-0.4, -0.2) is 49.2 Å².